The van der Waals surface area contributed by atoms with E-state index in [-0.39, 0.29) is 11.8 Å². The number of piperazine rings is 1. The van der Waals surface area contributed by atoms with E-state index in [0.717, 1.165) is 38.8 Å². The molecule has 0 aromatic heterocycles. The number of nitrogens with one attached hydrogen (secondary N) is 2. The highest BCUT2D eigenvalue weighted by molar-refractivity contribution is 7.89. The number of rotatable bonds is 4. The van der Waals surface area contributed by atoms with Gasteiger partial charge in [0.2, 0.25) is 15.9 Å². The summed E-state index contributed by atoms with van der Waals surface area (Å²) in [6.07, 6.45) is 4.12. The molecular weight excluding hydrogens is 326 g/mol. The van der Waals surface area contributed by atoms with Crippen molar-refractivity contribution < 1.29 is 18.1 Å². The number of likely N-dealkylation sites (N-methyl/N-ethyl adjacent to an activating group) is 1. The minimum absolute atomic E-state index is 0.0464. The molecule has 7 heteroatoms. The predicted octanol–water partition coefficient (Wildman–Crippen LogP) is 0.334. The van der Waals surface area contributed by atoms with Crippen LogP contribution in [0.15, 0.2) is 29.2 Å². The van der Waals surface area contributed by atoms with Gasteiger partial charge in [-0.05, 0) is 37.1 Å². The van der Waals surface area contributed by atoms with Crippen molar-refractivity contribution in [3.63, 3.8) is 0 Å². The molecule has 0 atom stereocenters. The van der Waals surface area contributed by atoms with E-state index >= 15 is 0 Å². The fourth-order valence-electron chi connectivity index (χ4n) is 3.40. The summed E-state index contributed by atoms with van der Waals surface area (Å²) >= 11 is 0. The van der Waals surface area contributed by atoms with E-state index in [1.807, 2.05) is 0 Å². The van der Waals surface area contributed by atoms with Gasteiger partial charge in [-0.1, -0.05) is 12.8 Å². The number of carbonyl (C=O) groups excluding carboxylic acids is 1. The van der Waals surface area contributed by atoms with E-state index in [4.69, 9.17) is 0 Å². The van der Waals surface area contributed by atoms with Gasteiger partial charge in [0, 0.05) is 11.6 Å². The Morgan fingerprint density at radius 1 is 1.12 bits per heavy atom. The third-order valence-corrected chi connectivity index (χ3v) is 6.97. The Morgan fingerprint density at radius 2 is 1.71 bits per heavy atom. The zero-order valence-electron chi connectivity index (χ0n) is 14.1. The Kier molecular flexibility index (Phi) is 5.22. The van der Waals surface area contributed by atoms with E-state index in [1.165, 1.54) is 4.90 Å². The molecule has 1 saturated carbocycles. The maximum absolute atomic E-state index is 12.7. The highest BCUT2D eigenvalue weighted by Crippen LogP contribution is 2.26. The lowest BCUT2D eigenvalue weighted by molar-refractivity contribution is -0.883. The first-order chi connectivity index (χ1) is 11.5. The van der Waals surface area contributed by atoms with Crippen LogP contribution in [0, 0.1) is 5.92 Å². The van der Waals surface area contributed by atoms with Crippen LogP contribution in [0.2, 0.25) is 0 Å². The topological polar surface area (TPSA) is 70.9 Å². The number of sulfonamides is 1. The number of carbonyl (C=O) groups is 1. The first kappa shape index (κ1) is 17.4. The molecule has 2 aliphatic rings. The van der Waals surface area contributed by atoms with Crippen molar-refractivity contribution in [3.8, 4) is 0 Å². The molecule has 132 valence electrons. The summed E-state index contributed by atoms with van der Waals surface area (Å²) < 4.78 is 26.9. The number of quaternary nitrogens is 1. The standard InChI is InChI=1S/C17H25N3O3S/c1-19-10-12-20(13-11-19)24(22,23)16-8-6-15(7-9-16)18-17(21)14-4-2-3-5-14/h6-9,14H,2-5,10-13H2,1H3,(H,18,21)/p+1. The molecule has 2 fully saturated rings. The molecule has 3 rings (SSSR count). The van der Waals surface area contributed by atoms with Crippen molar-refractivity contribution in [2.75, 3.05) is 38.5 Å². The summed E-state index contributed by atoms with van der Waals surface area (Å²) in [7, 11) is -1.36. The monoisotopic (exact) mass is 352 g/mol. The minimum atomic E-state index is -3.44. The fraction of sp³-hybridized carbons (Fsp3) is 0.588. The zero-order valence-corrected chi connectivity index (χ0v) is 14.9. The summed E-state index contributed by atoms with van der Waals surface area (Å²) in [6, 6.07) is 6.54. The maximum Gasteiger partial charge on any atom is 0.243 e. The second-order valence-electron chi connectivity index (χ2n) is 6.86. The minimum Gasteiger partial charge on any atom is -0.335 e. The Labute approximate surface area is 143 Å². The van der Waals surface area contributed by atoms with Gasteiger partial charge >= 0.3 is 0 Å². The molecule has 1 heterocycles. The van der Waals surface area contributed by atoms with Crippen molar-refractivity contribution in [1.29, 1.82) is 0 Å². The summed E-state index contributed by atoms with van der Waals surface area (Å²) in [5.74, 6) is 0.145. The average molecular weight is 352 g/mol. The number of hydrogen-bond acceptors (Lipinski definition) is 3. The Hall–Kier alpha value is -1.44. The van der Waals surface area contributed by atoms with E-state index < -0.39 is 10.0 Å². The first-order valence-corrected chi connectivity index (χ1v) is 10.1. The zero-order chi connectivity index (χ0) is 17.2. The highest BCUT2D eigenvalue weighted by atomic mass is 32.2. The third kappa shape index (κ3) is 3.79. The van der Waals surface area contributed by atoms with Crippen LogP contribution in [0.25, 0.3) is 0 Å². The Balaban J connectivity index is 1.66. The number of amides is 1. The van der Waals surface area contributed by atoms with Crippen LogP contribution >= 0.6 is 0 Å². The smallest absolute Gasteiger partial charge is 0.243 e. The van der Waals surface area contributed by atoms with Crippen molar-refractivity contribution in [3.05, 3.63) is 24.3 Å². The highest BCUT2D eigenvalue weighted by Gasteiger charge is 2.29. The first-order valence-electron chi connectivity index (χ1n) is 8.69. The number of hydrogen-bond donors (Lipinski definition) is 2. The molecular formula is C17H26N3O3S+. The van der Waals surface area contributed by atoms with Crippen LogP contribution in [0.3, 0.4) is 0 Å². The largest absolute Gasteiger partial charge is 0.335 e. The predicted molar refractivity (Wildman–Crippen MR) is 92.4 cm³/mol. The van der Waals surface area contributed by atoms with Crippen LogP contribution in [-0.2, 0) is 14.8 Å². The van der Waals surface area contributed by atoms with E-state index in [2.05, 4.69) is 12.4 Å². The normalized spacial score (nSPS) is 21.0. The van der Waals surface area contributed by atoms with Crippen LogP contribution in [0.1, 0.15) is 25.7 Å². The second kappa shape index (κ2) is 7.21. The van der Waals surface area contributed by atoms with Gasteiger partial charge in [0.25, 0.3) is 0 Å². The van der Waals surface area contributed by atoms with Gasteiger partial charge in [0.05, 0.1) is 38.1 Å². The van der Waals surface area contributed by atoms with E-state index in [1.54, 1.807) is 28.6 Å². The molecule has 6 nitrogen and oxygen atoms in total. The van der Waals surface area contributed by atoms with Crippen LogP contribution in [0.4, 0.5) is 5.69 Å². The van der Waals surface area contributed by atoms with Crippen molar-refractivity contribution >= 4 is 21.6 Å². The molecule has 1 aromatic rings. The molecule has 1 aliphatic heterocycles. The fourth-order valence-corrected chi connectivity index (χ4v) is 4.84. The molecule has 0 unspecified atom stereocenters. The van der Waals surface area contributed by atoms with Crippen molar-refractivity contribution in [2.45, 2.75) is 30.6 Å². The van der Waals surface area contributed by atoms with Gasteiger partial charge in [0.15, 0.2) is 0 Å². The Morgan fingerprint density at radius 3 is 2.29 bits per heavy atom. The number of nitrogens with zero attached hydrogens (tertiary/aromatic N) is 1. The SMILES string of the molecule is C[NH+]1CCN(S(=O)(=O)c2ccc(NC(=O)C3CCCC3)cc2)CC1. The summed E-state index contributed by atoms with van der Waals surface area (Å²) in [5, 5.41) is 2.90. The summed E-state index contributed by atoms with van der Waals surface area (Å²) in [6.45, 7) is 2.76. The quantitative estimate of drug-likeness (QED) is 0.821. The van der Waals surface area contributed by atoms with Gasteiger partial charge in [-0.25, -0.2) is 8.42 Å². The number of benzene rings is 1. The van der Waals surface area contributed by atoms with Crippen LogP contribution < -0.4 is 10.2 Å². The van der Waals surface area contributed by atoms with Crippen molar-refractivity contribution in [1.82, 2.24) is 4.31 Å². The molecule has 24 heavy (non-hydrogen) atoms. The van der Waals surface area contributed by atoms with Gasteiger partial charge in [0.1, 0.15) is 0 Å². The maximum atomic E-state index is 12.7. The molecule has 1 aliphatic carbocycles. The van der Waals surface area contributed by atoms with Crippen LogP contribution in [-0.4, -0.2) is 51.9 Å². The van der Waals surface area contributed by atoms with Gasteiger partial charge in [-0.3, -0.25) is 4.79 Å². The second-order valence-corrected chi connectivity index (χ2v) is 8.79. The van der Waals surface area contributed by atoms with Crippen molar-refractivity contribution in [2.24, 2.45) is 5.92 Å². The third-order valence-electron chi connectivity index (χ3n) is 5.06. The number of anilines is 1. The molecule has 0 radical (unpaired) electrons. The molecule has 0 spiro atoms. The lowest BCUT2D eigenvalue weighted by atomic mass is 10.1. The average Bonchev–Trinajstić information content (AvgIpc) is 3.10. The lowest BCUT2D eigenvalue weighted by Gasteiger charge is -2.29. The molecule has 1 saturated heterocycles. The summed E-state index contributed by atoms with van der Waals surface area (Å²) in [4.78, 5) is 13.8. The van der Waals surface area contributed by atoms with Crippen LogP contribution in [0.5, 0.6) is 0 Å². The molecule has 2 N–H and O–H groups in total. The van der Waals surface area contributed by atoms with E-state index in [9.17, 15) is 13.2 Å². The molecule has 1 aromatic carbocycles. The van der Waals surface area contributed by atoms with Gasteiger partial charge in [-0.15, -0.1) is 0 Å². The molecule has 1 amide bonds. The Bertz CT molecular complexity index is 674. The van der Waals surface area contributed by atoms with E-state index in [0.29, 0.717) is 23.7 Å². The van der Waals surface area contributed by atoms with Gasteiger partial charge in [-0.2, -0.15) is 4.31 Å². The van der Waals surface area contributed by atoms with Gasteiger partial charge < -0.3 is 10.2 Å². The molecule has 0 bridgehead atoms. The summed E-state index contributed by atoms with van der Waals surface area (Å²) in [5.41, 5.74) is 0.661. The lowest BCUT2D eigenvalue weighted by Crippen LogP contribution is -3.12.